The number of carbonyl (C=O) groups is 1. The number of rotatable bonds is 3. The third-order valence-corrected chi connectivity index (χ3v) is 5.54. The average molecular weight is 359 g/mol. The second-order valence-electron chi connectivity index (χ2n) is 6.59. The smallest absolute Gasteiger partial charge is 0.339 e. The van der Waals surface area contributed by atoms with Gasteiger partial charge in [0.25, 0.3) is 0 Å². The summed E-state index contributed by atoms with van der Waals surface area (Å²) in [6, 6.07) is 10.1. The second kappa shape index (κ2) is 6.19. The highest BCUT2D eigenvalue weighted by Crippen LogP contribution is 2.34. The van der Waals surface area contributed by atoms with Crippen molar-refractivity contribution in [1.29, 1.82) is 0 Å². The van der Waals surface area contributed by atoms with Crippen LogP contribution >= 0.6 is 0 Å². The van der Waals surface area contributed by atoms with Crippen molar-refractivity contribution in [2.24, 2.45) is 0 Å². The van der Waals surface area contributed by atoms with E-state index >= 15 is 0 Å². The molecule has 2 aromatic rings. The lowest BCUT2D eigenvalue weighted by atomic mass is 10.1. The highest BCUT2D eigenvalue weighted by Gasteiger charge is 2.30. The van der Waals surface area contributed by atoms with Crippen LogP contribution in [-0.4, -0.2) is 20.4 Å². The van der Waals surface area contributed by atoms with Crippen LogP contribution in [0.4, 0.5) is 5.69 Å². The number of hydrogen-bond acceptors (Lipinski definition) is 4. The zero-order chi connectivity index (χ0) is 18.4. The lowest BCUT2D eigenvalue weighted by molar-refractivity contribution is -0.116. The minimum atomic E-state index is -3.93. The van der Waals surface area contributed by atoms with Gasteiger partial charge in [-0.05, 0) is 74.2 Å². The number of anilines is 1. The second-order valence-corrected chi connectivity index (χ2v) is 8.14. The number of benzene rings is 2. The third kappa shape index (κ3) is 3.39. The van der Waals surface area contributed by atoms with Crippen LogP contribution in [0.15, 0.2) is 41.3 Å². The summed E-state index contributed by atoms with van der Waals surface area (Å²) >= 11 is 0. The normalized spacial score (nSPS) is 16.6. The molecule has 25 heavy (non-hydrogen) atoms. The van der Waals surface area contributed by atoms with Gasteiger partial charge in [0.2, 0.25) is 5.91 Å². The van der Waals surface area contributed by atoms with Gasteiger partial charge in [-0.15, -0.1) is 0 Å². The van der Waals surface area contributed by atoms with Gasteiger partial charge in [0.1, 0.15) is 10.6 Å². The Hall–Kier alpha value is -2.34. The Kier molecular flexibility index (Phi) is 4.33. The Morgan fingerprint density at radius 3 is 2.36 bits per heavy atom. The summed E-state index contributed by atoms with van der Waals surface area (Å²) in [5, 5.41) is 0. The summed E-state index contributed by atoms with van der Waals surface area (Å²) in [5.74, 6) is 0.255. The molecule has 0 aliphatic carbocycles. The first-order valence-electron chi connectivity index (χ1n) is 8.13. The minimum Gasteiger partial charge on any atom is -0.379 e. The summed E-state index contributed by atoms with van der Waals surface area (Å²) < 4.78 is 30.5. The van der Waals surface area contributed by atoms with Crippen molar-refractivity contribution < 1.29 is 17.4 Å². The molecular formula is C19H21NO4S. The maximum Gasteiger partial charge on any atom is 0.339 e. The maximum absolute atomic E-state index is 12.6. The molecule has 0 spiro atoms. The highest BCUT2D eigenvalue weighted by molar-refractivity contribution is 7.87. The molecule has 0 aromatic heterocycles. The van der Waals surface area contributed by atoms with E-state index in [1.54, 1.807) is 29.2 Å². The summed E-state index contributed by atoms with van der Waals surface area (Å²) in [4.78, 5) is 13.6. The summed E-state index contributed by atoms with van der Waals surface area (Å²) in [6.07, 6.45) is 0.627. The van der Waals surface area contributed by atoms with Gasteiger partial charge in [0, 0.05) is 18.7 Å². The average Bonchev–Trinajstić information content (AvgIpc) is 2.80. The van der Waals surface area contributed by atoms with E-state index < -0.39 is 10.1 Å². The van der Waals surface area contributed by atoms with Crippen LogP contribution in [0, 0.1) is 13.8 Å². The summed E-state index contributed by atoms with van der Waals surface area (Å²) in [5.41, 5.74) is 3.48. The quantitative estimate of drug-likeness (QED) is 0.788. The monoisotopic (exact) mass is 359 g/mol. The Morgan fingerprint density at radius 2 is 1.76 bits per heavy atom. The SMILES string of the molecule is CC(=O)N1c2ccc(S(=O)(=O)Oc3cc(C)cc(C)c3)cc2CC1C. The highest BCUT2D eigenvalue weighted by atomic mass is 32.2. The Morgan fingerprint density at radius 1 is 1.12 bits per heavy atom. The predicted molar refractivity (Wildman–Crippen MR) is 96.5 cm³/mol. The molecule has 132 valence electrons. The van der Waals surface area contributed by atoms with Crippen molar-refractivity contribution >= 4 is 21.7 Å². The van der Waals surface area contributed by atoms with Crippen molar-refractivity contribution in [3.05, 3.63) is 53.1 Å². The molecule has 5 nitrogen and oxygen atoms in total. The standard InChI is InChI=1S/C19H21NO4S/c1-12-7-13(2)9-17(8-12)24-25(22,23)18-5-6-19-16(11-18)10-14(3)20(19)15(4)21/h5-9,11,14H,10H2,1-4H3. The third-order valence-electron chi connectivity index (χ3n) is 4.30. The molecule has 2 aromatic carbocycles. The molecule has 0 saturated heterocycles. The molecule has 6 heteroatoms. The molecule has 1 unspecified atom stereocenters. The molecule has 1 amide bonds. The van der Waals surface area contributed by atoms with Gasteiger partial charge in [-0.25, -0.2) is 0 Å². The topological polar surface area (TPSA) is 63.7 Å². The molecule has 0 saturated carbocycles. The van der Waals surface area contributed by atoms with Crippen LogP contribution in [0.3, 0.4) is 0 Å². The van der Waals surface area contributed by atoms with Gasteiger partial charge in [-0.3, -0.25) is 4.79 Å². The number of carbonyl (C=O) groups excluding carboxylic acids is 1. The molecule has 0 fully saturated rings. The van der Waals surface area contributed by atoms with E-state index in [4.69, 9.17) is 4.18 Å². The van der Waals surface area contributed by atoms with E-state index in [0.717, 1.165) is 22.4 Å². The summed E-state index contributed by atoms with van der Waals surface area (Å²) in [6.45, 7) is 7.24. The predicted octanol–water partition coefficient (Wildman–Crippen LogP) is 3.37. The Balaban J connectivity index is 1.94. The van der Waals surface area contributed by atoms with Crippen LogP contribution in [0.25, 0.3) is 0 Å². The van der Waals surface area contributed by atoms with E-state index in [1.807, 2.05) is 26.8 Å². The summed E-state index contributed by atoms with van der Waals surface area (Å²) in [7, 11) is -3.93. The zero-order valence-electron chi connectivity index (χ0n) is 14.7. The number of nitrogens with zero attached hydrogens (tertiary/aromatic N) is 1. The fraction of sp³-hybridized carbons (Fsp3) is 0.316. The van der Waals surface area contributed by atoms with Gasteiger partial charge >= 0.3 is 10.1 Å². The van der Waals surface area contributed by atoms with Gasteiger partial charge in [0.05, 0.1) is 0 Å². The number of fused-ring (bicyclic) bond motifs is 1. The van der Waals surface area contributed by atoms with Gasteiger partial charge in [-0.1, -0.05) is 6.07 Å². The van der Waals surface area contributed by atoms with E-state index in [1.165, 1.54) is 13.0 Å². The lowest BCUT2D eigenvalue weighted by Gasteiger charge is -2.20. The van der Waals surface area contributed by atoms with Crippen LogP contribution in [0.5, 0.6) is 5.75 Å². The van der Waals surface area contributed by atoms with Gasteiger partial charge < -0.3 is 9.08 Å². The zero-order valence-corrected chi connectivity index (χ0v) is 15.6. The van der Waals surface area contributed by atoms with Crippen LogP contribution < -0.4 is 9.08 Å². The molecule has 1 heterocycles. The van der Waals surface area contributed by atoms with Crippen molar-refractivity contribution in [2.45, 2.75) is 45.1 Å². The van der Waals surface area contributed by atoms with Crippen molar-refractivity contribution in [3.8, 4) is 5.75 Å². The Bertz CT molecular complexity index is 930. The van der Waals surface area contributed by atoms with Crippen LogP contribution in [-0.2, 0) is 21.3 Å². The molecule has 1 aliphatic rings. The fourth-order valence-electron chi connectivity index (χ4n) is 3.40. The molecular weight excluding hydrogens is 338 g/mol. The van der Waals surface area contributed by atoms with Crippen LogP contribution in [0.1, 0.15) is 30.5 Å². The van der Waals surface area contributed by atoms with E-state index in [0.29, 0.717) is 12.2 Å². The molecule has 0 N–H and O–H groups in total. The molecule has 1 aliphatic heterocycles. The van der Waals surface area contributed by atoms with Crippen LogP contribution in [0.2, 0.25) is 0 Å². The van der Waals surface area contributed by atoms with E-state index in [9.17, 15) is 13.2 Å². The molecule has 3 rings (SSSR count). The van der Waals surface area contributed by atoms with Crippen molar-refractivity contribution in [3.63, 3.8) is 0 Å². The first-order valence-corrected chi connectivity index (χ1v) is 9.54. The molecule has 0 bridgehead atoms. The molecule has 0 radical (unpaired) electrons. The number of aryl methyl sites for hydroxylation is 2. The lowest BCUT2D eigenvalue weighted by Crippen LogP contribution is -2.33. The van der Waals surface area contributed by atoms with Gasteiger partial charge in [-0.2, -0.15) is 8.42 Å². The van der Waals surface area contributed by atoms with E-state index in [2.05, 4.69) is 0 Å². The van der Waals surface area contributed by atoms with E-state index in [-0.39, 0.29) is 16.8 Å². The van der Waals surface area contributed by atoms with Crippen molar-refractivity contribution in [1.82, 2.24) is 0 Å². The number of hydrogen-bond donors (Lipinski definition) is 0. The minimum absolute atomic E-state index is 0.0193. The Labute approximate surface area is 148 Å². The van der Waals surface area contributed by atoms with Gasteiger partial charge in [0.15, 0.2) is 0 Å². The van der Waals surface area contributed by atoms with Crippen molar-refractivity contribution in [2.75, 3.05) is 4.90 Å². The first kappa shape index (κ1) is 17.5. The fourth-order valence-corrected chi connectivity index (χ4v) is 4.37. The largest absolute Gasteiger partial charge is 0.379 e. The maximum atomic E-state index is 12.6. The molecule has 1 atom stereocenters. The number of amides is 1. The first-order chi connectivity index (χ1) is 11.7.